The molecule has 1 unspecified atom stereocenters. The summed E-state index contributed by atoms with van der Waals surface area (Å²) in [6.45, 7) is 8.16. The second kappa shape index (κ2) is 8.02. The van der Waals surface area contributed by atoms with Crippen molar-refractivity contribution in [3.05, 3.63) is 22.0 Å². The summed E-state index contributed by atoms with van der Waals surface area (Å²) in [5, 5.41) is 17.6. The zero-order valence-electron chi connectivity index (χ0n) is 13.5. The van der Waals surface area contributed by atoms with Crippen molar-refractivity contribution in [3.8, 4) is 0 Å². The average Bonchev–Trinajstić information content (AvgIpc) is 2.93. The van der Waals surface area contributed by atoms with Gasteiger partial charge in [0, 0.05) is 19.6 Å². The number of carbonyl (C=O) groups is 1. The molecule has 0 spiro atoms. The van der Waals surface area contributed by atoms with Gasteiger partial charge >= 0.3 is 5.69 Å². The van der Waals surface area contributed by atoms with Crippen LogP contribution >= 0.6 is 0 Å². The maximum absolute atomic E-state index is 12.2. The molecule has 2 heterocycles. The number of nitro groups is 1. The van der Waals surface area contributed by atoms with Gasteiger partial charge in [0.1, 0.15) is 17.9 Å². The van der Waals surface area contributed by atoms with Crippen molar-refractivity contribution in [2.24, 2.45) is 0 Å². The molecule has 1 atom stereocenters. The molecule has 1 aliphatic rings. The standard InChI is InChI=1S/C14H23N5O4/c1-11-13(19(21)22)10-16-18(11)12(2)14(20)15-4-3-5-17-6-8-23-9-7-17/h10,12H,3-9H2,1-2H3,(H,15,20). The minimum absolute atomic E-state index is 0.0723. The van der Waals surface area contributed by atoms with E-state index in [9.17, 15) is 14.9 Å². The van der Waals surface area contributed by atoms with Gasteiger partial charge in [-0.2, -0.15) is 5.10 Å². The Hall–Kier alpha value is -2.00. The van der Waals surface area contributed by atoms with Crippen LogP contribution in [0.1, 0.15) is 25.1 Å². The van der Waals surface area contributed by atoms with Gasteiger partial charge in [-0.05, 0) is 26.8 Å². The molecule has 23 heavy (non-hydrogen) atoms. The van der Waals surface area contributed by atoms with Crippen LogP contribution in [-0.2, 0) is 9.53 Å². The van der Waals surface area contributed by atoms with Crippen molar-refractivity contribution in [3.63, 3.8) is 0 Å². The predicted octanol–water partition coefficient (Wildman–Crippen LogP) is 0.499. The van der Waals surface area contributed by atoms with E-state index in [4.69, 9.17) is 4.74 Å². The summed E-state index contributed by atoms with van der Waals surface area (Å²) in [6, 6.07) is -0.577. The van der Waals surface area contributed by atoms with Crippen LogP contribution in [0.25, 0.3) is 0 Å². The van der Waals surface area contributed by atoms with Crippen molar-refractivity contribution in [1.29, 1.82) is 0 Å². The second-order valence-electron chi connectivity index (χ2n) is 5.59. The van der Waals surface area contributed by atoms with Crippen molar-refractivity contribution >= 4 is 11.6 Å². The largest absolute Gasteiger partial charge is 0.379 e. The molecule has 9 nitrogen and oxygen atoms in total. The number of ether oxygens (including phenoxy) is 1. The van der Waals surface area contributed by atoms with Crippen LogP contribution in [0.2, 0.25) is 0 Å². The summed E-state index contributed by atoms with van der Waals surface area (Å²) >= 11 is 0. The van der Waals surface area contributed by atoms with E-state index in [0.717, 1.165) is 39.3 Å². The fraction of sp³-hybridized carbons (Fsp3) is 0.714. The van der Waals surface area contributed by atoms with Crippen LogP contribution in [0, 0.1) is 17.0 Å². The first-order valence-corrected chi connectivity index (χ1v) is 7.77. The lowest BCUT2D eigenvalue weighted by molar-refractivity contribution is -0.385. The molecule has 9 heteroatoms. The van der Waals surface area contributed by atoms with Gasteiger partial charge in [-0.25, -0.2) is 0 Å². The molecule has 1 aromatic rings. The van der Waals surface area contributed by atoms with Gasteiger partial charge in [-0.15, -0.1) is 0 Å². The molecule has 1 amide bonds. The van der Waals surface area contributed by atoms with E-state index in [0.29, 0.717) is 12.2 Å². The Labute approximate surface area is 134 Å². The van der Waals surface area contributed by atoms with Gasteiger partial charge in [-0.1, -0.05) is 0 Å². The van der Waals surface area contributed by atoms with Gasteiger partial charge in [0.05, 0.1) is 18.1 Å². The third-order valence-corrected chi connectivity index (χ3v) is 4.02. The lowest BCUT2D eigenvalue weighted by Crippen LogP contribution is -2.39. The number of nitrogens with one attached hydrogen (secondary N) is 1. The quantitative estimate of drug-likeness (QED) is 0.445. The normalized spacial score (nSPS) is 17.0. The van der Waals surface area contributed by atoms with Crippen molar-refractivity contribution in [2.75, 3.05) is 39.4 Å². The van der Waals surface area contributed by atoms with Crippen LogP contribution in [-0.4, -0.2) is 64.9 Å². The number of amides is 1. The Morgan fingerprint density at radius 2 is 2.22 bits per heavy atom. The third-order valence-electron chi connectivity index (χ3n) is 4.02. The summed E-state index contributed by atoms with van der Waals surface area (Å²) < 4.78 is 6.67. The van der Waals surface area contributed by atoms with Gasteiger partial charge < -0.3 is 10.1 Å². The summed E-state index contributed by atoms with van der Waals surface area (Å²) in [5.41, 5.74) is 0.308. The number of hydrogen-bond donors (Lipinski definition) is 1. The smallest absolute Gasteiger partial charge is 0.309 e. The van der Waals surface area contributed by atoms with E-state index in [2.05, 4.69) is 15.3 Å². The number of morpholine rings is 1. The first-order valence-electron chi connectivity index (χ1n) is 7.77. The number of nitrogens with zero attached hydrogens (tertiary/aromatic N) is 4. The lowest BCUT2D eigenvalue weighted by atomic mass is 10.3. The SMILES string of the molecule is Cc1c([N+](=O)[O-])cnn1C(C)C(=O)NCCCN1CCOCC1. The van der Waals surface area contributed by atoms with Crippen molar-refractivity contribution in [2.45, 2.75) is 26.3 Å². The molecule has 0 aromatic carbocycles. The molecular weight excluding hydrogens is 302 g/mol. The Balaban J connectivity index is 1.77. The topological polar surface area (TPSA) is 103 Å². The Bertz CT molecular complexity index is 553. The Morgan fingerprint density at radius 1 is 1.52 bits per heavy atom. The van der Waals surface area contributed by atoms with E-state index in [1.807, 2.05) is 0 Å². The molecule has 1 fully saturated rings. The zero-order valence-corrected chi connectivity index (χ0v) is 13.5. The molecule has 2 rings (SSSR count). The molecule has 128 valence electrons. The molecule has 1 N–H and O–H groups in total. The number of hydrogen-bond acceptors (Lipinski definition) is 6. The molecule has 1 aromatic heterocycles. The van der Waals surface area contributed by atoms with Gasteiger partial charge in [0.2, 0.25) is 5.91 Å². The van der Waals surface area contributed by atoms with Crippen LogP contribution < -0.4 is 5.32 Å². The third kappa shape index (κ3) is 4.49. The Morgan fingerprint density at radius 3 is 2.83 bits per heavy atom. The number of aromatic nitrogens is 2. The first-order chi connectivity index (χ1) is 11.0. The van der Waals surface area contributed by atoms with Crippen molar-refractivity contribution < 1.29 is 14.5 Å². The number of rotatable bonds is 7. The van der Waals surface area contributed by atoms with E-state index in [1.165, 1.54) is 10.9 Å². The second-order valence-corrected chi connectivity index (χ2v) is 5.59. The molecule has 1 saturated heterocycles. The fourth-order valence-corrected chi connectivity index (χ4v) is 2.58. The fourth-order valence-electron chi connectivity index (χ4n) is 2.58. The highest BCUT2D eigenvalue weighted by molar-refractivity contribution is 5.79. The molecule has 0 saturated carbocycles. The summed E-state index contributed by atoms with van der Waals surface area (Å²) in [4.78, 5) is 24.8. The first kappa shape index (κ1) is 17.4. The van der Waals surface area contributed by atoms with E-state index >= 15 is 0 Å². The highest BCUT2D eigenvalue weighted by atomic mass is 16.6. The van der Waals surface area contributed by atoms with Crippen LogP contribution in [0.5, 0.6) is 0 Å². The monoisotopic (exact) mass is 325 g/mol. The summed E-state index contributed by atoms with van der Waals surface area (Å²) in [5.74, 6) is -0.187. The summed E-state index contributed by atoms with van der Waals surface area (Å²) in [7, 11) is 0. The van der Waals surface area contributed by atoms with E-state index in [1.54, 1.807) is 13.8 Å². The predicted molar refractivity (Wildman–Crippen MR) is 83.2 cm³/mol. The molecular formula is C14H23N5O4. The van der Waals surface area contributed by atoms with Crippen LogP contribution in [0.15, 0.2) is 6.20 Å². The van der Waals surface area contributed by atoms with Gasteiger partial charge in [0.25, 0.3) is 0 Å². The highest BCUT2D eigenvalue weighted by Crippen LogP contribution is 2.19. The minimum atomic E-state index is -0.577. The average molecular weight is 325 g/mol. The van der Waals surface area contributed by atoms with Crippen LogP contribution in [0.4, 0.5) is 5.69 Å². The molecule has 0 aliphatic carbocycles. The zero-order chi connectivity index (χ0) is 16.8. The number of carbonyl (C=O) groups excluding carboxylic acids is 1. The molecule has 0 bridgehead atoms. The molecule has 1 aliphatic heterocycles. The van der Waals surface area contributed by atoms with E-state index in [-0.39, 0.29) is 11.6 Å². The maximum Gasteiger partial charge on any atom is 0.309 e. The Kier molecular flexibility index (Phi) is 6.05. The van der Waals surface area contributed by atoms with Gasteiger partial charge in [0.15, 0.2) is 0 Å². The summed E-state index contributed by atoms with van der Waals surface area (Å²) in [6.07, 6.45) is 2.04. The highest BCUT2D eigenvalue weighted by Gasteiger charge is 2.23. The lowest BCUT2D eigenvalue weighted by Gasteiger charge is -2.26. The maximum atomic E-state index is 12.2. The van der Waals surface area contributed by atoms with E-state index < -0.39 is 11.0 Å². The molecule has 0 radical (unpaired) electrons. The van der Waals surface area contributed by atoms with Crippen LogP contribution in [0.3, 0.4) is 0 Å². The van der Waals surface area contributed by atoms with Gasteiger partial charge in [-0.3, -0.25) is 24.5 Å². The van der Waals surface area contributed by atoms with Crippen molar-refractivity contribution in [1.82, 2.24) is 20.0 Å². The minimum Gasteiger partial charge on any atom is -0.379 e.